The molecule has 79 valence electrons. The van der Waals surface area contributed by atoms with Gasteiger partial charge in [0.1, 0.15) is 0 Å². The van der Waals surface area contributed by atoms with Crippen molar-refractivity contribution in [1.82, 2.24) is 9.78 Å². The van der Waals surface area contributed by atoms with E-state index in [2.05, 4.69) is 9.84 Å². The lowest BCUT2D eigenvalue weighted by atomic mass is 10.4. The Hall–Kier alpha value is -1.34. The van der Waals surface area contributed by atoms with Crippen molar-refractivity contribution in [2.75, 3.05) is 0 Å². The fraction of sp³-hybridized carbons (Fsp3) is 0.500. The van der Waals surface area contributed by atoms with Crippen LogP contribution >= 0.6 is 0 Å². The molecule has 0 aromatic carbocycles. The van der Waals surface area contributed by atoms with Crippen LogP contribution in [0.4, 0.5) is 22.0 Å². The van der Waals surface area contributed by atoms with Gasteiger partial charge in [-0.15, -0.1) is 0 Å². The van der Waals surface area contributed by atoms with Crippen LogP contribution < -0.4 is 4.74 Å². The fourth-order valence-electron chi connectivity index (χ4n) is 0.720. The first kappa shape index (κ1) is 10.7. The van der Waals surface area contributed by atoms with Crippen molar-refractivity contribution in [1.29, 1.82) is 0 Å². The highest BCUT2D eigenvalue weighted by Gasteiger charge is 2.35. The van der Waals surface area contributed by atoms with Crippen LogP contribution in [-0.4, -0.2) is 16.4 Å². The number of hydrogen-bond donors (Lipinski definition) is 0. The van der Waals surface area contributed by atoms with Crippen LogP contribution in [0.1, 0.15) is 5.69 Å². The number of alkyl halides is 5. The van der Waals surface area contributed by atoms with E-state index in [9.17, 15) is 22.0 Å². The van der Waals surface area contributed by atoms with Crippen LogP contribution in [0.3, 0.4) is 0 Å². The van der Waals surface area contributed by atoms with E-state index in [4.69, 9.17) is 0 Å². The van der Waals surface area contributed by atoms with E-state index in [1.165, 1.54) is 0 Å². The lowest BCUT2D eigenvalue weighted by Crippen LogP contribution is -2.07. The number of ether oxygens (including phenoxy) is 1. The van der Waals surface area contributed by atoms with Gasteiger partial charge in [-0.05, 0) is 0 Å². The largest absolute Gasteiger partial charge is 0.435 e. The first-order chi connectivity index (χ1) is 6.30. The molecule has 0 aliphatic heterocycles. The van der Waals surface area contributed by atoms with E-state index in [-0.39, 0.29) is 0 Å². The van der Waals surface area contributed by atoms with Gasteiger partial charge in [0.25, 0.3) is 0 Å². The van der Waals surface area contributed by atoms with Crippen LogP contribution in [0.2, 0.25) is 0 Å². The predicted molar refractivity (Wildman–Crippen MR) is 33.7 cm³/mol. The van der Waals surface area contributed by atoms with Gasteiger partial charge in [0, 0.05) is 7.05 Å². The van der Waals surface area contributed by atoms with Crippen LogP contribution in [0.15, 0.2) is 0 Å². The van der Waals surface area contributed by atoms with Crippen molar-refractivity contribution >= 4 is 0 Å². The van der Waals surface area contributed by atoms with Crippen molar-refractivity contribution in [3.8, 4) is 5.88 Å². The molecule has 0 unspecified atom stereocenters. The maximum absolute atomic E-state index is 12.0. The molecule has 0 aliphatic carbocycles. The monoisotopic (exact) mass is 215 g/mol. The molecule has 0 saturated carbocycles. The lowest BCUT2D eigenvalue weighted by Gasteiger charge is -2.01. The molecule has 0 spiro atoms. The number of hydrogen-bond acceptors (Lipinski definition) is 2. The number of aryl methyl sites for hydroxylation is 1. The van der Waals surface area contributed by atoms with Gasteiger partial charge in [0.05, 0.1) is 6.07 Å². The van der Waals surface area contributed by atoms with Crippen LogP contribution in [0.25, 0.3) is 0 Å². The Kier molecular flexibility index (Phi) is 2.63. The summed E-state index contributed by atoms with van der Waals surface area (Å²) in [5.41, 5.74) is -1.39. The fourth-order valence-corrected chi connectivity index (χ4v) is 0.720. The van der Waals surface area contributed by atoms with E-state index in [0.29, 0.717) is 4.68 Å². The highest BCUT2D eigenvalue weighted by molar-refractivity contribution is 5.15. The van der Waals surface area contributed by atoms with E-state index in [1.807, 2.05) is 0 Å². The third-order valence-corrected chi connectivity index (χ3v) is 1.24. The molecule has 0 bridgehead atoms. The number of halogens is 5. The summed E-state index contributed by atoms with van der Waals surface area (Å²) in [5.74, 6) is -0.757. The Morgan fingerprint density at radius 3 is 2.36 bits per heavy atom. The van der Waals surface area contributed by atoms with Crippen LogP contribution in [0.5, 0.6) is 5.88 Å². The Bertz CT molecular complexity index is 319. The van der Waals surface area contributed by atoms with Gasteiger partial charge in [0.15, 0.2) is 5.69 Å². The average molecular weight is 215 g/mol. The second-order valence-corrected chi connectivity index (χ2v) is 2.28. The normalized spacial score (nSPS) is 12.2. The molecule has 1 aromatic heterocycles. The Morgan fingerprint density at radius 1 is 1.43 bits per heavy atom. The lowest BCUT2D eigenvalue weighted by molar-refractivity contribution is -0.141. The van der Waals surface area contributed by atoms with E-state index in [1.54, 1.807) is 6.07 Å². The Morgan fingerprint density at radius 2 is 2.00 bits per heavy atom. The van der Waals surface area contributed by atoms with Gasteiger partial charge in [-0.25, -0.2) is 4.68 Å². The SMILES string of the molecule is Cn1nc(C(F)(F)F)[c]c1OC(F)F. The number of rotatable bonds is 2. The van der Waals surface area contributed by atoms with Crippen LogP contribution in [-0.2, 0) is 13.2 Å². The van der Waals surface area contributed by atoms with Gasteiger partial charge in [-0.2, -0.15) is 27.1 Å². The second-order valence-electron chi connectivity index (χ2n) is 2.28. The first-order valence-electron chi connectivity index (χ1n) is 3.29. The summed E-state index contributed by atoms with van der Waals surface area (Å²) in [4.78, 5) is 0. The maximum Gasteiger partial charge on any atom is 0.435 e. The zero-order valence-electron chi connectivity index (χ0n) is 6.77. The highest BCUT2D eigenvalue weighted by atomic mass is 19.4. The number of nitrogens with zero attached hydrogens (tertiary/aromatic N) is 2. The van der Waals surface area contributed by atoms with Gasteiger partial charge in [-0.1, -0.05) is 0 Å². The first-order valence-corrected chi connectivity index (χ1v) is 3.29. The zero-order chi connectivity index (χ0) is 10.9. The second kappa shape index (κ2) is 3.43. The smallest absolute Gasteiger partial charge is 0.416 e. The Labute approximate surface area is 75.1 Å². The van der Waals surface area contributed by atoms with Crippen molar-refractivity contribution < 1.29 is 26.7 Å². The minimum Gasteiger partial charge on any atom is -0.416 e. The maximum atomic E-state index is 12.0. The summed E-state index contributed by atoms with van der Waals surface area (Å²) in [6, 6.07) is 1.58. The molecule has 0 atom stereocenters. The zero-order valence-corrected chi connectivity index (χ0v) is 6.77. The topological polar surface area (TPSA) is 27.1 Å². The van der Waals surface area contributed by atoms with Crippen molar-refractivity contribution in [3.05, 3.63) is 11.8 Å². The van der Waals surface area contributed by atoms with Crippen molar-refractivity contribution in [2.24, 2.45) is 7.05 Å². The summed E-state index contributed by atoms with van der Waals surface area (Å²) in [6.45, 7) is -3.21. The average Bonchev–Trinajstić information content (AvgIpc) is 2.30. The van der Waals surface area contributed by atoms with Gasteiger partial charge in [0.2, 0.25) is 5.88 Å². The molecular weight excluding hydrogens is 211 g/mol. The minimum atomic E-state index is -4.72. The van der Waals surface area contributed by atoms with Gasteiger partial charge >= 0.3 is 12.8 Å². The summed E-state index contributed by atoms with van der Waals surface area (Å²) in [7, 11) is 1.05. The molecule has 0 amide bonds. The van der Waals surface area contributed by atoms with E-state index in [0.717, 1.165) is 7.05 Å². The molecule has 14 heavy (non-hydrogen) atoms. The summed E-state index contributed by atoms with van der Waals surface area (Å²) in [5, 5.41) is 2.91. The molecule has 0 N–H and O–H groups in total. The quantitative estimate of drug-likeness (QED) is 0.704. The molecule has 0 fully saturated rings. The predicted octanol–water partition coefficient (Wildman–Crippen LogP) is 1.84. The summed E-state index contributed by atoms with van der Waals surface area (Å²) >= 11 is 0. The third-order valence-electron chi connectivity index (χ3n) is 1.24. The number of aromatic nitrogens is 2. The molecule has 3 nitrogen and oxygen atoms in total. The standard InChI is InChI=1S/C6H4F5N2O/c1-13-4(14-5(7)8)2-3(12-13)6(9,10)11/h5H,1H3. The molecule has 1 aromatic rings. The molecule has 1 rings (SSSR count). The van der Waals surface area contributed by atoms with Crippen LogP contribution in [0, 0.1) is 6.07 Å². The van der Waals surface area contributed by atoms with E-state index < -0.39 is 24.4 Å². The molecule has 8 heteroatoms. The van der Waals surface area contributed by atoms with E-state index >= 15 is 0 Å². The van der Waals surface area contributed by atoms with Gasteiger partial charge in [-0.3, -0.25) is 0 Å². The summed E-state index contributed by atoms with van der Waals surface area (Å²) in [6.07, 6.45) is -4.72. The van der Waals surface area contributed by atoms with Gasteiger partial charge < -0.3 is 4.74 Å². The van der Waals surface area contributed by atoms with Crippen molar-refractivity contribution in [3.63, 3.8) is 0 Å². The summed E-state index contributed by atoms with van der Waals surface area (Å²) < 4.78 is 63.5. The molecule has 1 heterocycles. The molecule has 0 saturated heterocycles. The minimum absolute atomic E-state index is 0.537. The Balaban J connectivity index is 2.94. The third kappa shape index (κ3) is 2.33. The molecule has 0 aliphatic rings. The van der Waals surface area contributed by atoms with Crippen molar-refractivity contribution in [2.45, 2.75) is 12.8 Å². The molecule has 1 radical (unpaired) electrons. The highest BCUT2D eigenvalue weighted by Crippen LogP contribution is 2.30. The molecular formula is C6H4F5N2O.